The van der Waals surface area contributed by atoms with Crippen LogP contribution in [-0.4, -0.2) is 16.7 Å². The second kappa shape index (κ2) is 6.09. The van der Waals surface area contributed by atoms with Crippen molar-refractivity contribution in [2.75, 3.05) is 12.4 Å². The summed E-state index contributed by atoms with van der Waals surface area (Å²) in [6, 6.07) is 7.66. The highest BCUT2D eigenvalue weighted by molar-refractivity contribution is 9.10. The van der Waals surface area contributed by atoms with Crippen LogP contribution in [0.4, 0.5) is 5.82 Å². The minimum absolute atomic E-state index is 0.0320. The molecule has 0 radical (unpaired) electrons. The average Bonchev–Trinajstić information content (AvgIpc) is 2.44. The molecule has 6 heteroatoms. The van der Waals surface area contributed by atoms with Crippen molar-refractivity contribution in [1.82, 2.24) is 9.55 Å². The van der Waals surface area contributed by atoms with Crippen molar-refractivity contribution in [3.05, 3.63) is 51.0 Å². The summed E-state index contributed by atoms with van der Waals surface area (Å²) in [6.45, 7) is 1.98. The third-order valence-electron chi connectivity index (χ3n) is 3.01. The zero-order valence-corrected chi connectivity index (χ0v) is 13.1. The summed E-state index contributed by atoms with van der Waals surface area (Å²) in [5.41, 5.74) is 0.892. The van der Waals surface area contributed by atoms with Gasteiger partial charge in [-0.05, 0) is 40.5 Å². The second-order valence-corrected chi connectivity index (χ2v) is 5.28. The van der Waals surface area contributed by atoms with Crippen molar-refractivity contribution >= 4 is 21.7 Å². The second-order valence-electron chi connectivity index (χ2n) is 4.47. The number of benzene rings is 1. The first-order chi connectivity index (χ1) is 9.51. The molecular formula is C14H16BrN3O2. The van der Waals surface area contributed by atoms with Gasteiger partial charge in [-0.1, -0.05) is 12.1 Å². The van der Waals surface area contributed by atoms with Crippen molar-refractivity contribution in [3.63, 3.8) is 0 Å². The number of aromatic nitrogens is 2. The molecule has 1 unspecified atom stereocenters. The maximum Gasteiger partial charge on any atom is 0.293 e. The Balaban J connectivity index is 2.22. The smallest absolute Gasteiger partial charge is 0.293 e. The van der Waals surface area contributed by atoms with Crippen molar-refractivity contribution in [3.8, 4) is 5.75 Å². The molecular weight excluding hydrogens is 322 g/mol. The number of nitrogens with zero attached hydrogens (tertiary/aromatic N) is 2. The van der Waals surface area contributed by atoms with Crippen molar-refractivity contribution in [2.24, 2.45) is 7.05 Å². The molecule has 1 N–H and O–H groups in total. The van der Waals surface area contributed by atoms with Crippen LogP contribution in [0.5, 0.6) is 5.75 Å². The normalized spacial score (nSPS) is 12.0. The van der Waals surface area contributed by atoms with Gasteiger partial charge in [-0.25, -0.2) is 4.98 Å². The van der Waals surface area contributed by atoms with E-state index in [1.807, 2.05) is 31.2 Å². The summed E-state index contributed by atoms with van der Waals surface area (Å²) in [6.07, 6.45) is 1.63. The quantitative estimate of drug-likeness (QED) is 0.931. The lowest BCUT2D eigenvalue weighted by Gasteiger charge is -2.15. The lowest BCUT2D eigenvalue weighted by atomic mass is 10.1. The topological polar surface area (TPSA) is 56.1 Å². The largest absolute Gasteiger partial charge is 0.497 e. The van der Waals surface area contributed by atoms with E-state index in [1.165, 1.54) is 4.57 Å². The van der Waals surface area contributed by atoms with Gasteiger partial charge in [0.1, 0.15) is 10.4 Å². The molecule has 20 heavy (non-hydrogen) atoms. The van der Waals surface area contributed by atoms with Gasteiger partial charge in [0.15, 0.2) is 5.82 Å². The molecule has 0 bridgehead atoms. The van der Waals surface area contributed by atoms with Crippen LogP contribution in [0.3, 0.4) is 0 Å². The van der Waals surface area contributed by atoms with Crippen LogP contribution in [0.25, 0.3) is 0 Å². The number of aryl methyl sites for hydroxylation is 1. The highest BCUT2D eigenvalue weighted by Crippen LogP contribution is 2.20. The van der Waals surface area contributed by atoms with Crippen LogP contribution in [-0.2, 0) is 7.05 Å². The molecule has 0 spiro atoms. The number of halogens is 1. The number of rotatable bonds is 4. The first-order valence-corrected chi connectivity index (χ1v) is 6.94. The summed E-state index contributed by atoms with van der Waals surface area (Å²) in [5, 5.41) is 3.13. The molecule has 1 aromatic carbocycles. The van der Waals surface area contributed by atoms with E-state index in [1.54, 1.807) is 20.4 Å². The van der Waals surface area contributed by atoms with Crippen molar-refractivity contribution < 1.29 is 4.74 Å². The van der Waals surface area contributed by atoms with Gasteiger partial charge in [0.2, 0.25) is 0 Å². The van der Waals surface area contributed by atoms with Crippen LogP contribution in [0.2, 0.25) is 0 Å². The number of ether oxygens (including phenoxy) is 1. The maximum atomic E-state index is 12.0. The fourth-order valence-corrected chi connectivity index (χ4v) is 2.33. The molecule has 5 nitrogen and oxygen atoms in total. The predicted octanol–water partition coefficient (Wildman–Crippen LogP) is 2.72. The molecule has 0 amide bonds. The summed E-state index contributed by atoms with van der Waals surface area (Å²) in [4.78, 5) is 16.2. The Morgan fingerprint density at radius 3 is 2.60 bits per heavy atom. The van der Waals surface area contributed by atoms with Crippen molar-refractivity contribution in [1.29, 1.82) is 0 Å². The van der Waals surface area contributed by atoms with Crippen LogP contribution < -0.4 is 15.6 Å². The molecule has 1 atom stereocenters. The highest BCUT2D eigenvalue weighted by Gasteiger charge is 2.10. The summed E-state index contributed by atoms with van der Waals surface area (Å²) >= 11 is 3.28. The van der Waals surface area contributed by atoms with Gasteiger partial charge in [-0.2, -0.15) is 0 Å². The molecule has 0 aliphatic carbocycles. The van der Waals surface area contributed by atoms with Gasteiger partial charge in [0.05, 0.1) is 13.2 Å². The monoisotopic (exact) mass is 337 g/mol. The molecule has 1 aromatic heterocycles. The number of hydrogen-bond donors (Lipinski definition) is 1. The number of hydrogen-bond acceptors (Lipinski definition) is 4. The van der Waals surface area contributed by atoms with E-state index in [2.05, 4.69) is 26.2 Å². The van der Waals surface area contributed by atoms with E-state index >= 15 is 0 Å². The summed E-state index contributed by atoms with van der Waals surface area (Å²) in [7, 11) is 3.32. The molecule has 0 aliphatic rings. The Bertz CT molecular complexity index is 652. The Labute approximate surface area is 125 Å². The predicted molar refractivity (Wildman–Crippen MR) is 82.2 cm³/mol. The van der Waals surface area contributed by atoms with Gasteiger partial charge in [-0.3, -0.25) is 4.79 Å². The minimum atomic E-state index is -0.159. The van der Waals surface area contributed by atoms with Gasteiger partial charge in [-0.15, -0.1) is 0 Å². The fourth-order valence-electron chi connectivity index (χ4n) is 1.84. The van der Waals surface area contributed by atoms with Crippen molar-refractivity contribution in [2.45, 2.75) is 13.0 Å². The zero-order chi connectivity index (χ0) is 14.7. The highest BCUT2D eigenvalue weighted by atomic mass is 79.9. The van der Waals surface area contributed by atoms with E-state index in [-0.39, 0.29) is 11.6 Å². The molecule has 2 aromatic rings. The van der Waals surface area contributed by atoms with Gasteiger partial charge < -0.3 is 14.6 Å². The SMILES string of the molecule is COc1ccc(C(C)Nc2nc(Br)cn(C)c2=O)cc1. The van der Waals surface area contributed by atoms with Gasteiger partial charge in [0, 0.05) is 13.2 Å². The Morgan fingerprint density at radius 1 is 1.35 bits per heavy atom. The third-order valence-corrected chi connectivity index (χ3v) is 3.39. The Hall–Kier alpha value is -1.82. The lowest BCUT2D eigenvalue weighted by molar-refractivity contribution is 0.414. The van der Waals surface area contributed by atoms with E-state index in [0.29, 0.717) is 10.4 Å². The first-order valence-electron chi connectivity index (χ1n) is 6.15. The molecule has 1 heterocycles. The number of methoxy groups -OCH3 is 1. The van der Waals surface area contributed by atoms with Crippen LogP contribution >= 0.6 is 15.9 Å². The van der Waals surface area contributed by atoms with Crippen LogP contribution in [0.15, 0.2) is 39.9 Å². The standard InChI is InChI=1S/C14H16BrN3O2/c1-9(10-4-6-11(20-3)7-5-10)16-13-14(19)18(2)8-12(15)17-13/h4-9H,1-3H3,(H,16,17). The van der Waals surface area contributed by atoms with Gasteiger partial charge in [0.25, 0.3) is 5.56 Å². The molecule has 106 valence electrons. The zero-order valence-electron chi connectivity index (χ0n) is 11.6. The van der Waals surface area contributed by atoms with E-state index in [9.17, 15) is 4.79 Å². The van der Waals surface area contributed by atoms with Crippen LogP contribution in [0.1, 0.15) is 18.5 Å². The molecule has 0 saturated carbocycles. The average molecular weight is 338 g/mol. The number of anilines is 1. The molecule has 0 saturated heterocycles. The third kappa shape index (κ3) is 3.19. The molecule has 0 fully saturated rings. The fraction of sp³-hybridized carbons (Fsp3) is 0.286. The summed E-state index contributed by atoms with van der Waals surface area (Å²) < 4.78 is 7.23. The van der Waals surface area contributed by atoms with E-state index < -0.39 is 0 Å². The van der Waals surface area contributed by atoms with E-state index in [4.69, 9.17) is 4.74 Å². The summed E-state index contributed by atoms with van der Waals surface area (Å²) in [5.74, 6) is 1.13. The molecule has 0 aliphatic heterocycles. The Kier molecular flexibility index (Phi) is 4.44. The number of nitrogens with one attached hydrogen (secondary N) is 1. The Morgan fingerprint density at radius 2 is 2.00 bits per heavy atom. The lowest BCUT2D eigenvalue weighted by Crippen LogP contribution is -2.23. The first kappa shape index (κ1) is 14.6. The minimum Gasteiger partial charge on any atom is -0.497 e. The van der Waals surface area contributed by atoms with E-state index in [0.717, 1.165) is 11.3 Å². The van der Waals surface area contributed by atoms with Gasteiger partial charge >= 0.3 is 0 Å². The van der Waals surface area contributed by atoms with Crippen LogP contribution in [0, 0.1) is 0 Å². The maximum absolute atomic E-state index is 12.0. The molecule has 2 rings (SSSR count).